The van der Waals surface area contributed by atoms with Crippen molar-refractivity contribution >= 4 is 5.91 Å². The molecule has 5 nitrogen and oxygen atoms in total. The van der Waals surface area contributed by atoms with Gasteiger partial charge in [-0.05, 0) is 19.9 Å². The smallest absolute Gasteiger partial charge is 0.257 e. The molecule has 2 rings (SSSR count). The van der Waals surface area contributed by atoms with Crippen LogP contribution in [0.5, 0.6) is 5.75 Å². The zero-order valence-electron chi connectivity index (χ0n) is 11.2. The lowest BCUT2D eigenvalue weighted by molar-refractivity contribution is 0.0740. The number of aromatic hydroxyl groups is 1. The molecule has 0 spiro atoms. The summed E-state index contributed by atoms with van der Waals surface area (Å²) in [5.41, 5.74) is 2.01. The first kappa shape index (κ1) is 13.1. The van der Waals surface area contributed by atoms with Crippen molar-refractivity contribution in [2.24, 2.45) is 0 Å². The highest BCUT2D eigenvalue weighted by Crippen LogP contribution is 2.28. The predicted molar refractivity (Wildman–Crippen MR) is 71.9 cm³/mol. The average Bonchev–Trinajstić information content (AvgIpc) is 2.83. The van der Waals surface area contributed by atoms with Crippen molar-refractivity contribution in [3.63, 3.8) is 0 Å². The van der Waals surface area contributed by atoms with Crippen LogP contribution in [0.15, 0.2) is 30.5 Å². The third kappa shape index (κ3) is 2.45. The lowest BCUT2D eigenvalue weighted by Gasteiger charge is -2.25. The Balaban J connectivity index is 2.25. The molecule has 1 aromatic heterocycles. The number of aryl methyl sites for hydroxylation is 1. The van der Waals surface area contributed by atoms with Crippen molar-refractivity contribution in [1.82, 2.24) is 15.1 Å². The Kier molecular flexibility index (Phi) is 3.55. The van der Waals surface area contributed by atoms with Gasteiger partial charge < -0.3 is 10.0 Å². The Morgan fingerprint density at radius 2 is 2.11 bits per heavy atom. The normalized spacial score (nSPS) is 12.2. The topological polar surface area (TPSA) is 69.2 Å². The number of H-pyrrole nitrogens is 1. The van der Waals surface area contributed by atoms with Crippen LogP contribution in [0.2, 0.25) is 0 Å². The van der Waals surface area contributed by atoms with Gasteiger partial charge in [0, 0.05) is 18.3 Å². The highest BCUT2D eigenvalue weighted by molar-refractivity contribution is 5.95. The van der Waals surface area contributed by atoms with E-state index in [1.54, 1.807) is 31.0 Å². The number of amides is 1. The maximum Gasteiger partial charge on any atom is 0.257 e. The van der Waals surface area contributed by atoms with Gasteiger partial charge in [0.05, 0.1) is 17.8 Å². The maximum absolute atomic E-state index is 12.3. The van der Waals surface area contributed by atoms with Gasteiger partial charge >= 0.3 is 0 Å². The molecule has 1 unspecified atom stereocenters. The summed E-state index contributed by atoms with van der Waals surface area (Å²) in [6.45, 7) is 3.68. The number of carbonyl (C=O) groups excluding carboxylic acids is 1. The number of rotatable bonds is 3. The van der Waals surface area contributed by atoms with Gasteiger partial charge in [-0.2, -0.15) is 5.10 Å². The fraction of sp³-hybridized carbons (Fsp3) is 0.286. The highest BCUT2D eigenvalue weighted by atomic mass is 16.3. The molecule has 0 bridgehead atoms. The van der Waals surface area contributed by atoms with Gasteiger partial charge in [0.25, 0.3) is 5.91 Å². The molecule has 0 saturated heterocycles. The molecule has 1 amide bonds. The lowest BCUT2D eigenvalue weighted by atomic mass is 10.1. The number of benzene rings is 1. The van der Waals surface area contributed by atoms with Crippen LogP contribution in [-0.4, -0.2) is 33.2 Å². The summed E-state index contributed by atoms with van der Waals surface area (Å²) in [7, 11) is 1.71. The van der Waals surface area contributed by atoms with E-state index >= 15 is 0 Å². The van der Waals surface area contributed by atoms with Crippen molar-refractivity contribution in [2.75, 3.05) is 7.05 Å². The van der Waals surface area contributed by atoms with E-state index < -0.39 is 0 Å². The summed E-state index contributed by atoms with van der Waals surface area (Å²) in [4.78, 5) is 13.9. The van der Waals surface area contributed by atoms with E-state index in [4.69, 9.17) is 0 Å². The maximum atomic E-state index is 12.3. The summed E-state index contributed by atoms with van der Waals surface area (Å²) in [6.07, 6.45) is 1.52. The molecule has 0 saturated carbocycles. The van der Waals surface area contributed by atoms with Crippen LogP contribution < -0.4 is 0 Å². The number of nitrogens with zero attached hydrogens (tertiary/aromatic N) is 2. The van der Waals surface area contributed by atoms with Crippen molar-refractivity contribution < 1.29 is 9.90 Å². The van der Waals surface area contributed by atoms with Crippen LogP contribution in [0.3, 0.4) is 0 Å². The SMILES string of the molecule is Cc1[nH]ncc1C(=O)N(C)C(C)c1ccccc1O. The first-order chi connectivity index (χ1) is 9.02. The quantitative estimate of drug-likeness (QED) is 0.888. The number of carbonyl (C=O) groups is 1. The molecule has 100 valence electrons. The number of aromatic nitrogens is 2. The van der Waals surface area contributed by atoms with Crippen molar-refractivity contribution in [3.8, 4) is 5.75 Å². The van der Waals surface area contributed by atoms with Gasteiger partial charge in [-0.3, -0.25) is 9.89 Å². The molecule has 2 N–H and O–H groups in total. The second kappa shape index (κ2) is 5.14. The van der Waals surface area contributed by atoms with Crippen LogP contribution in [0.1, 0.15) is 34.6 Å². The Labute approximate surface area is 111 Å². The van der Waals surface area contributed by atoms with Crippen LogP contribution in [0, 0.1) is 6.92 Å². The molecular weight excluding hydrogens is 242 g/mol. The Hall–Kier alpha value is -2.30. The zero-order valence-corrected chi connectivity index (χ0v) is 11.2. The van der Waals surface area contributed by atoms with Gasteiger partial charge in [-0.1, -0.05) is 18.2 Å². The van der Waals surface area contributed by atoms with Crippen molar-refractivity contribution in [2.45, 2.75) is 19.9 Å². The third-order valence-electron chi connectivity index (χ3n) is 3.35. The molecule has 1 aromatic carbocycles. The monoisotopic (exact) mass is 259 g/mol. The van der Waals surface area contributed by atoms with E-state index in [0.29, 0.717) is 5.56 Å². The molecule has 19 heavy (non-hydrogen) atoms. The predicted octanol–water partition coefficient (Wildman–Crippen LogP) is 2.26. The van der Waals surface area contributed by atoms with Gasteiger partial charge in [0.2, 0.25) is 0 Å². The van der Waals surface area contributed by atoms with E-state index in [-0.39, 0.29) is 17.7 Å². The number of hydrogen-bond acceptors (Lipinski definition) is 3. The van der Waals surface area contributed by atoms with E-state index in [2.05, 4.69) is 10.2 Å². The molecule has 0 aliphatic rings. The summed E-state index contributed by atoms with van der Waals surface area (Å²) in [6, 6.07) is 6.81. The van der Waals surface area contributed by atoms with E-state index in [9.17, 15) is 9.90 Å². The third-order valence-corrected chi connectivity index (χ3v) is 3.35. The van der Waals surface area contributed by atoms with Gasteiger partial charge in [-0.25, -0.2) is 0 Å². The summed E-state index contributed by atoms with van der Waals surface area (Å²) in [5, 5.41) is 16.4. The van der Waals surface area contributed by atoms with Crippen LogP contribution >= 0.6 is 0 Å². The molecule has 0 fully saturated rings. The molecule has 1 atom stereocenters. The standard InChI is InChI=1S/C14H17N3O2/c1-9-12(8-15-16-9)14(19)17(3)10(2)11-6-4-5-7-13(11)18/h4-8,10,18H,1-3H3,(H,15,16). The number of nitrogens with one attached hydrogen (secondary N) is 1. The minimum Gasteiger partial charge on any atom is -0.508 e. The average molecular weight is 259 g/mol. The largest absolute Gasteiger partial charge is 0.508 e. The summed E-state index contributed by atoms with van der Waals surface area (Å²) in [5.74, 6) is 0.0700. The zero-order chi connectivity index (χ0) is 14.0. The first-order valence-electron chi connectivity index (χ1n) is 6.07. The van der Waals surface area contributed by atoms with E-state index in [1.807, 2.05) is 19.1 Å². The van der Waals surface area contributed by atoms with E-state index in [1.165, 1.54) is 6.20 Å². The van der Waals surface area contributed by atoms with Crippen LogP contribution in [-0.2, 0) is 0 Å². The molecule has 0 aliphatic heterocycles. The Bertz CT molecular complexity index is 592. The Morgan fingerprint density at radius 1 is 1.42 bits per heavy atom. The Morgan fingerprint density at radius 3 is 2.68 bits per heavy atom. The number of phenols is 1. The first-order valence-corrected chi connectivity index (χ1v) is 6.07. The molecule has 5 heteroatoms. The minimum absolute atomic E-state index is 0.123. The van der Waals surface area contributed by atoms with Crippen LogP contribution in [0.4, 0.5) is 0 Å². The number of hydrogen-bond donors (Lipinski definition) is 2. The second-order valence-corrected chi connectivity index (χ2v) is 4.56. The molecule has 0 aliphatic carbocycles. The van der Waals surface area contributed by atoms with E-state index in [0.717, 1.165) is 11.3 Å². The minimum atomic E-state index is -0.219. The van der Waals surface area contributed by atoms with Crippen LogP contribution in [0.25, 0.3) is 0 Å². The summed E-state index contributed by atoms with van der Waals surface area (Å²) >= 11 is 0. The lowest BCUT2D eigenvalue weighted by Crippen LogP contribution is -2.29. The molecule has 2 aromatic rings. The number of aromatic amines is 1. The molecule has 1 heterocycles. The van der Waals surface area contributed by atoms with Crippen molar-refractivity contribution in [1.29, 1.82) is 0 Å². The van der Waals surface area contributed by atoms with Gasteiger partial charge in [-0.15, -0.1) is 0 Å². The molecule has 0 radical (unpaired) electrons. The summed E-state index contributed by atoms with van der Waals surface area (Å²) < 4.78 is 0. The second-order valence-electron chi connectivity index (χ2n) is 4.56. The fourth-order valence-electron chi connectivity index (χ4n) is 1.98. The highest BCUT2D eigenvalue weighted by Gasteiger charge is 2.22. The van der Waals surface area contributed by atoms with Gasteiger partial charge in [0.15, 0.2) is 0 Å². The molecular formula is C14H17N3O2. The number of para-hydroxylation sites is 1. The number of phenolic OH excluding ortho intramolecular Hbond substituents is 1. The van der Waals surface area contributed by atoms with Crippen molar-refractivity contribution in [3.05, 3.63) is 47.3 Å². The fourth-order valence-corrected chi connectivity index (χ4v) is 1.98. The van der Waals surface area contributed by atoms with Gasteiger partial charge in [0.1, 0.15) is 5.75 Å².